The molecule has 1 unspecified atom stereocenters. The van der Waals surface area contributed by atoms with Crippen molar-refractivity contribution in [3.8, 4) is 0 Å². The van der Waals surface area contributed by atoms with Crippen LogP contribution in [0.3, 0.4) is 0 Å². The molecule has 0 saturated heterocycles. The second-order valence-corrected chi connectivity index (χ2v) is 3.31. The molecular weight excluding hydrogens is 210 g/mol. The lowest BCUT2D eigenvalue weighted by atomic mass is 10.2. The van der Waals surface area contributed by atoms with E-state index >= 15 is 0 Å². The SMILES string of the molecule is CC(Cl)C(=O)OC(=O)CCC(=O)CN. The highest BCUT2D eigenvalue weighted by molar-refractivity contribution is 6.30. The molecule has 0 aromatic rings. The minimum absolute atomic E-state index is 0.0146. The Labute approximate surface area is 86.5 Å². The van der Waals surface area contributed by atoms with Gasteiger partial charge in [0.15, 0.2) is 0 Å². The van der Waals surface area contributed by atoms with Gasteiger partial charge in [0.05, 0.1) is 13.0 Å². The van der Waals surface area contributed by atoms with Gasteiger partial charge < -0.3 is 10.5 Å². The van der Waals surface area contributed by atoms with Crippen LogP contribution in [0.25, 0.3) is 0 Å². The maximum absolute atomic E-state index is 10.9. The molecule has 0 aromatic heterocycles. The monoisotopic (exact) mass is 221 g/mol. The van der Waals surface area contributed by atoms with Gasteiger partial charge in [-0.05, 0) is 6.92 Å². The standard InChI is InChI=1S/C8H12ClNO4/c1-5(9)8(13)14-7(12)3-2-6(11)4-10/h5H,2-4,10H2,1H3. The Morgan fingerprint density at radius 1 is 1.36 bits per heavy atom. The second kappa shape index (κ2) is 6.50. The van der Waals surface area contributed by atoms with Crippen molar-refractivity contribution < 1.29 is 19.1 Å². The molecule has 0 fully saturated rings. The first-order valence-corrected chi connectivity index (χ1v) is 4.51. The van der Waals surface area contributed by atoms with E-state index in [1.807, 2.05) is 0 Å². The molecule has 6 heteroatoms. The highest BCUT2D eigenvalue weighted by atomic mass is 35.5. The molecule has 2 N–H and O–H groups in total. The molecule has 0 saturated carbocycles. The summed E-state index contributed by atoms with van der Waals surface area (Å²) < 4.78 is 4.30. The quantitative estimate of drug-likeness (QED) is 0.401. The zero-order valence-electron chi connectivity index (χ0n) is 7.79. The largest absolute Gasteiger partial charge is 0.392 e. The molecule has 5 nitrogen and oxygen atoms in total. The molecule has 0 aliphatic carbocycles. The summed E-state index contributed by atoms with van der Waals surface area (Å²) >= 11 is 5.35. The van der Waals surface area contributed by atoms with Gasteiger partial charge in [-0.25, -0.2) is 4.79 Å². The van der Waals surface area contributed by atoms with E-state index in [0.717, 1.165) is 0 Å². The number of ether oxygens (including phenoxy) is 1. The van der Waals surface area contributed by atoms with E-state index in [0.29, 0.717) is 0 Å². The minimum atomic E-state index is -0.871. The van der Waals surface area contributed by atoms with Crippen LogP contribution in [0.2, 0.25) is 0 Å². The van der Waals surface area contributed by atoms with Crippen LogP contribution in [-0.4, -0.2) is 29.6 Å². The van der Waals surface area contributed by atoms with Gasteiger partial charge in [-0.1, -0.05) is 0 Å². The molecule has 0 rings (SSSR count). The summed E-state index contributed by atoms with van der Waals surface area (Å²) in [6.45, 7) is 1.27. The Morgan fingerprint density at radius 3 is 2.36 bits per heavy atom. The number of carbonyl (C=O) groups is 3. The highest BCUT2D eigenvalue weighted by Gasteiger charge is 2.16. The topological polar surface area (TPSA) is 86.5 Å². The summed E-state index contributed by atoms with van der Waals surface area (Å²) in [5.41, 5.74) is 5.02. The zero-order chi connectivity index (χ0) is 11.1. The van der Waals surface area contributed by atoms with Gasteiger partial charge in [0.1, 0.15) is 11.2 Å². The van der Waals surface area contributed by atoms with Crippen LogP contribution in [-0.2, 0) is 19.1 Å². The predicted octanol–water partition coefficient (Wildman–Crippen LogP) is -0.00850. The highest BCUT2D eigenvalue weighted by Crippen LogP contribution is 2.00. The van der Waals surface area contributed by atoms with Crippen molar-refractivity contribution >= 4 is 29.3 Å². The minimum Gasteiger partial charge on any atom is -0.392 e. The number of esters is 2. The third kappa shape index (κ3) is 5.66. The summed E-state index contributed by atoms with van der Waals surface area (Å²) in [7, 11) is 0. The molecule has 0 aromatic carbocycles. The molecule has 14 heavy (non-hydrogen) atoms. The molecule has 0 spiro atoms. The van der Waals surface area contributed by atoms with E-state index in [-0.39, 0.29) is 25.2 Å². The van der Waals surface area contributed by atoms with E-state index < -0.39 is 17.3 Å². The number of rotatable bonds is 5. The number of hydrogen-bond donors (Lipinski definition) is 1. The first-order chi connectivity index (χ1) is 6.47. The molecule has 0 heterocycles. The Kier molecular flexibility index (Phi) is 6.07. The summed E-state index contributed by atoms with van der Waals surface area (Å²) in [4.78, 5) is 32.4. The number of hydrogen-bond acceptors (Lipinski definition) is 5. The van der Waals surface area contributed by atoms with Gasteiger partial charge >= 0.3 is 11.9 Å². The van der Waals surface area contributed by atoms with Crippen molar-refractivity contribution in [2.24, 2.45) is 5.73 Å². The number of Topliss-reactive ketones (excluding diaryl/α,β-unsaturated/α-hetero) is 1. The third-order valence-corrected chi connectivity index (χ3v) is 1.55. The smallest absolute Gasteiger partial charge is 0.331 e. The van der Waals surface area contributed by atoms with Crippen molar-refractivity contribution in [1.82, 2.24) is 0 Å². The van der Waals surface area contributed by atoms with E-state index in [9.17, 15) is 14.4 Å². The van der Waals surface area contributed by atoms with Gasteiger partial charge in [-0.15, -0.1) is 11.6 Å². The zero-order valence-corrected chi connectivity index (χ0v) is 8.54. The van der Waals surface area contributed by atoms with Crippen molar-refractivity contribution in [3.05, 3.63) is 0 Å². The molecule has 80 valence electrons. The second-order valence-electron chi connectivity index (χ2n) is 2.65. The molecule has 0 amide bonds. The first kappa shape index (κ1) is 13.1. The van der Waals surface area contributed by atoms with E-state index in [2.05, 4.69) is 4.74 Å². The summed E-state index contributed by atoms with van der Waals surface area (Å²) in [5.74, 6) is -1.82. The van der Waals surface area contributed by atoms with Crippen molar-refractivity contribution in [2.75, 3.05) is 6.54 Å². The van der Waals surface area contributed by atoms with Crippen LogP contribution in [0.1, 0.15) is 19.8 Å². The van der Waals surface area contributed by atoms with Crippen LogP contribution in [0.4, 0.5) is 0 Å². The Bertz CT molecular complexity index is 239. The van der Waals surface area contributed by atoms with Crippen molar-refractivity contribution in [1.29, 1.82) is 0 Å². The lowest BCUT2D eigenvalue weighted by Gasteiger charge is -2.02. The van der Waals surface area contributed by atoms with Crippen LogP contribution < -0.4 is 5.73 Å². The fraction of sp³-hybridized carbons (Fsp3) is 0.625. The Hall–Kier alpha value is -0.940. The summed E-state index contributed by atoms with van der Waals surface area (Å²) in [6, 6.07) is 0. The number of alkyl halides is 1. The van der Waals surface area contributed by atoms with Gasteiger partial charge in [0.2, 0.25) is 0 Å². The molecule has 1 atom stereocenters. The number of ketones is 1. The van der Waals surface area contributed by atoms with Gasteiger partial charge in [-0.3, -0.25) is 9.59 Å². The fourth-order valence-electron chi connectivity index (χ4n) is 0.588. The summed E-state index contributed by atoms with van der Waals surface area (Å²) in [6.07, 6.45) is -0.162. The van der Waals surface area contributed by atoms with Crippen LogP contribution in [0, 0.1) is 0 Å². The third-order valence-electron chi connectivity index (χ3n) is 1.37. The Morgan fingerprint density at radius 2 is 1.93 bits per heavy atom. The van der Waals surface area contributed by atoms with Crippen LogP contribution >= 0.6 is 11.6 Å². The average molecular weight is 222 g/mol. The van der Waals surface area contributed by atoms with Gasteiger partial charge in [0.25, 0.3) is 0 Å². The molecular formula is C8H12ClNO4. The van der Waals surface area contributed by atoms with Gasteiger partial charge in [-0.2, -0.15) is 0 Å². The molecule has 0 aliphatic rings. The first-order valence-electron chi connectivity index (χ1n) is 4.07. The maximum Gasteiger partial charge on any atom is 0.331 e. The number of nitrogens with two attached hydrogens (primary N) is 1. The molecule has 0 aliphatic heterocycles. The van der Waals surface area contributed by atoms with E-state index in [1.54, 1.807) is 0 Å². The van der Waals surface area contributed by atoms with Gasteiger partial charge in [0, 0.05) is 6.42 Å². The van der Waals surface area contributed by atoms with Crippen molar-refractivity contribution in [2.45, 2.75) is 25.1 Å². The van der Waals surface area contributed by atoms with Crippen molar-refractivity contribution in [3.63, 3.8) is 0 Å². The van der Waals surface area contributed by atoms with Crippen LogP contribution in [0.5, 0.6) is 0 Å². The summed E-state index contributed by atoms with van der Waals surface area (Å²) in [5, 5.41) is -0.871. The lowest BCUT2D eigenvalue weighted by molar-refractivity contribution is -0.159. The predicted molar refractivity (Wildman–Crippen MR) is 49.7 cm³/mol. The van der Waals surface area contributed by atoms with Crippen LogP contribution in [0.15, 0.2) is 0 Å². The normalized spacial score (nSPS) is 11.9. The maximum atomic E-state index is 10.9. The lowest BCUT2D eigenvalue weighted by Crippen LogP contribution is -2.21. The van der Waals surface area contributed by atoms with E-state index in [1.165, 1.54) is 6.92 Å². The fourth-order valence-corrected chi connectivity index (χ4v) is 0.633. The van der Waals surface area contributed by atoms with E-state index in [4.69, 9.17) is 17.3 Å². The average Bonchev–Trinajstić information content (AvgIpc) is 2.13. The molecule has 0 radical (unpaired) electrons. The number of halogens is 1. The Balaban J connectivity index is 3.77. The molecule has 0 bridgehead atoms. The number of carbonyl (C=O) groups excluding carboxylic acids is 3.